The molecule has 3 heterocycles. The number of nitrogens with zero attached hydrogens (tertiary/aromatic N) is 3. The minimum atomic E-state index is -0.406. The molecule has 1 fully saturated rings. The molecule has 0 bridgehead atoms. The van der Waals surface area contributed by atoms with Gasteiger partial charge in [-0.3, -0.25) is 4.79 Å². The van der Waals surface area contributed by atoms with Crippen molar-refractivity contribution in [2.24, 2.45) is 0 Å². The van der Waals surface area contributed by atoms with E-state index in [0.29, 0.717) is 6.42 Å². The number of ketones is 1. The van der Waals surface area contributed by atoms with E-state index in [1.807, 2.05) is 61.5 Å². The minimum Gasteiger partial charge on any atom is -0.486 e. The smallest absolute Gasteiger partial charge is 0.170 e. The third kappa shape index (κ3) is 3.24. The minimum absolute atomic E-state index is 0.194. The van der Waals surface area contributed by atoms with Crippen LogP contribution < -0.4 is 9.64 Å². The number of hydrogen-bond acceptors (Lipinski definition) is 5. The van der Waals surface area contributed by atoms with Gasteiger partial charge in [-0.15, -0.1) is 10.2 Å². The maximum absolute atomic E-state index is 12.8. The number of hydrogen-bond donors (Lipinski definition) is 0. The van der Waals surface area contributed by atoms with E-state index in [4.69, 9.17) is 4.74 Å². The van der Waals surface area contributed by atoms with E-state index in [1.165, 1.54) is 0 Å². The van der Waals surface area contributed by atoms with E-state index in [1.54, 1.807) is 0 Å². The summed E-state index contributed by atoms with van der Waals surface area (Å²) in [5, 5.41) is 8.87. The summed E-state index contributed by atoms with van der Waals surface area (Å²) in [5.41, 5.74) is 4.49. The van der Waals surface area contributed by atoms with Crippen LogP contribution in [0.5, 0.6) is 5.75 Å². The van der Waals surface area contributed by atoms with Gasteiger partial charge in [-0.25, -0.2) is 0 Å². The lowest BCUT2D eigenvalue weighted by molar-refractivity contribution is 0.0224. The lowest BCUT2D eigenvalue weighted by Gasteiger charge is -2.44. The molecular weight excluding hydrogens is 374 g/mol. The highest BCUT2D eigenvalue weighted by molar-refractivity contribution is 6.01. The third-order valence-corrected chi connectivity index (χ3v) is 6.50. The van der Waals surface area contributed by atoms with Crippen molar-refractivity contribution in [3.8, 4) is 17.0 Å². The van der Waals surface area contributed by atoms with E-state index in [0.717, 1.165) is 65.4 Å². The predicted molar refractivity (Wildman–Crippen MR) is 117 cm³/mol. The van der Waals surface area contributed by atoms with Crippen LogP contribution in [-0.4, -0.2) is 34.7 Å². The van der Waals surface area contributed by atoms with Crippen molar-refractivity contribution in [1.29, 1.82) is 0 Å². The van der Waals surface area contributed by atoms with Gasteiger partial charge in [0.25, 0.3) is 0 Å². The van der Waals surface area contributed by atoms with Crippen LogP contribution >= 0.6 is 0 Å². The molecule has 2 aliphatic heterocycles. The number of aromatic nitrogens is 2. The molecule has 0 radical (unpaired) electrons. The number of rotatable bonds is 2. The van der Waals surface area contributed by atoms with Gasteiger partial charge in [0.15, 0.2) is 11.6 Å². The summed E-state index contributed by atoms with van der Waals surface area (Å²) in [6.07, 6.45) is 2.05. The SMILES string of the molecule is Cc1ccc2c(c1C)OC1(CCN(c3ccc(-c4ccccc4)nn3)CC1)CC2=O. The van der Waals surface area contributed by atoms with Crippen molar-refractivity contribution >= 4 is 11.6 Å². The average Bonchev–Trinajstić information content (AvgIpc) is 2.78. The molecule has 0 N–H and O–H groups in total. The first-order chi connectivity index (χ1) is 14.5. The number of carbonyl (C=O) groups excluding carboxylic acids is 1. The number of anilines is 1. The largest absolute Gasteiger partial charge is 0.486 e. The zero-order valence-corrected chi connectivity index (χ0v) is 17.4. The Labute approximate surface area is 176 Å². The number of benzene rings is 2. The van der Waals surface area contributed by atoms with Crippen LogP contribution in [0, 0.1) is 13.8 Å². The fourth-order valence-corrected chi connectivity index (χ4v) is 4.46. The molecule has 30 heavy (non-hydrogen) atoms. The number of fused-ring (bicyclic) bond motifs is 1. The molecule has 1 aromatic heterocycles. The first kappa shape index (κ1) is 18.8. The second-order valence-electron chi connectivity index (χ2n) is 8.40. The van der Waals surface area contributed by atoms with Crippen LogP contribution in [0.1, 0.15) is 40.7 Å². The molecule has 0 saturated carbocycles. The normalized spacial score (nSPS) is 17.5. The van der Waals surface area contributed by atoms with Crippen LogP contribution in [0.15, 0.2) is 54.6 Å². The van der Waals surface area contributed by atoms with Crippen LogP contribution in [-0.2, 0) is 0 Å². The Morgan fingerprint density at radius 3 is 2.40 bits per heavy atom. The van der Waals surface area contributed by atoms with Crippen LogP contribution in [0.4, 0.5) is 5.82 Å². The molecule has 0 atom stereocenters. The summed E-state index contributed by atoms with van der Waals surface area (Å²) >= 11 is 0. The molecule has 0 amide bonds. The van der Waals surface area contributed by atoms with Crippen molar-refractivity contribution in [1.82, 2.24) is 10.2 Å². The average molecular weight is 399 g/mol. The Morgan fingerprint density at radius 1 is 0.933 bits per heavy atom. The molecule has 0 unspecified atom stereocenters. The van der Waals surface area contributed by atoms with Crippen molar-refractivity contribution in [3.05, 3.63) is 71.3 Å². The molecule has 5 heteroatoms. The van der Waals surface area contributed by atoms with Crippen molar-refractivity contribution in [2.45, 2.75) is 38.7 Å². The highest BCUT2D eigenvalue weighted by atomic mass is 16.5. The summed E-state index contributed by atoms with van der Waals surface area (Å²) in [5.74, 6) is 1.85. The van der Waals surface area contributed by atoms with E-state index >= 15 is 0 Å². The highest BCUT2D eigenvalue weighted by Gasteiger charge is 2.43. The molecule has 0 aliphatic carbocycles. The number of carbonyl (C=O) groups is 1. The van der Waals surface area contributed by atoms with E-state index in [9.17, 15) is 4.79 Å². The summed E-state index contributed by atoms with van der Waals surface area (Å²) in [7, 11) is 0. The monoisotopic (exact) mass is 399 g/mol. The fraction of sp³-hybridized carbons (Fsp3) is 0.320. The second kappa shape index (κ2) is 7.24. The van der Waals surface area contributed by atoms with Gasteiger partial charge in [-0.2, -0.15) is 0 Å². The Morgan fingerprint density at radius 2 is 1.70 bits per heavy atom. The zero-order valence-electron chi connectivity index (χ0n) is 17.4. The molecule has 5 rings (SSSR count). The van der Waals surface area contributed by atoms with E-state index < -0.39 is 5.60 Å². The first-order valence-electron chi connectivity index (χ1n) is 10.5. The number of piperidine rings is 1. The van der Waals surface area contributed by atoms with Gasteiger partial charge in [0.2, 0.25) is 0 Å². The predicted octanol–water partition coefficient (Wildman–Crippen LogP) is 4.76. The van der Waals surface area contributed by atoms with Crippen LogP contribution in [0.3, 0.4) is 0 Å². The lowest BCUT2D eigenvalue weighted by atomic mass is 9.81. The van der Waals surface area contributed by atoms with E-state index in [-0.39, 0.29) is 5.78 Å². The highest BCUT2D eigenvalue weighted by Crippen LogP contribution is 2.42. The van der Waals surface area contributed by atoms with Crippen LogP contribution in [0.25, 0.3) is 11.3 Å². The van der Waals surface area contributed by atoms with Gasteiger partial charge in [-0.05, 0) is 43.2 Å². The topological polar surface area (TPSA) is 55.3 Å². The number of Topliss-reactive ketones (excluding diaryl/α,β-unsaturated/α-hetero) is 1. The molecule has 1 saturated heterocycles. The standard InChI is InChI=1S/C25H25N3O2/c1-17-8-9-20-22(29)16-25(30-24(20)18(17)2)12-14-28(15-13-25)23-11-10-21(26-27-23)19-6-4-3-5-7-19/h3-11H,12-16H2,1-2H3. The second-order valence-corrected chi connectivity index (χ2v) is 8.40. The van der Waals surface area contributed by atoms with Gasteiger partial charge in [0, 0.05) is 31.5 Å². The zero-order chi connectivity index (χ0) is 20.7. The molecular formula is C25H25N3O2. The Balaban J connectivity index is 1.32. The summed E-state index contributed by atoms with van der Waals surface area (Å²) in [6.45, 7) is 5.70. The third-order valence-electron chi connectivity index (χ3n) is 6.50. The van der Waals surface area contributed by atoms with Crippen molar-refractivity contribution in [2.75, 3.05) is 18.0 Å². The first-order valence-corrected chi connectivity index (χ1v) is 10.5. The van der Waals surface area contributed by atoms with Gasteiger partial charge in [-0.1, -0.05) is 36.4 Å². The summed E-state index contributed by atoms with van der Waals surface area (Å²) in [4.78, 5) is 15.1. The molecule has 2 aromatic carbocycles. The fourth-order valence-electron chi connectivity index (χ4n) is 4.46. The molecule has 3 aromatic rings. The molecule has 152 valence electrons. The molecule has 5 nitrogen and oxygen atoms in total. The van der Waals surface area contributed by atoms with Crippen LogP contribution in [0.2, 0.25) is 0 Å². The van der Waals surface area contributed by atoms with Crippen molar-refractivity contribution in [3.63, 3.8) is 0 Å². The maximum Gasteiger partial charge on any atom is 0.170 e. The summed E-state index contributed by atoms with van der Waals surface area (Å²) in [6, 6.07) is 18.0. The van der Waals surface area contributed by atoms with Gasteiger partial charge >= 0.3 is 0 Å². The molecule has 2 aliphatic rings. The molecule has 1 spiro atoms. The van der Waals surface area contributed by atoms with Gasteiger partial charge < -0.3 is 9.64 Å². The summed E-state index contributed by atoms with van der Waals surface area (Å²) < 4.78 is 6.52. The quantitative estimate of drug-likeness (QED) is 0.622. The lowest BCUT2D eigenvalue weighted by Crippen LogP contribution is -2.51. The van der Waals surface area contributed by atoms with E-state index in [2.05, 4.69) is 22.0 Å². The number of ether oxygens (including phenoxy) is 1. The maximum atomic E-state index is 12.8. The Kier molecular flexibility index (Phi) is 4.54. The Bertz CT molecular complexity index is 1090. The number of aryl methyl sites for hydroxylation is 1. The van der Waals surface area contributed by atoms with Gasteiger partial charge in [0.1, 0.15) is 11.4 Å². The van der Waals surface area contributed by atoms with Crippen molar-refractivity contribution < 1.29 is 9.53 Å². The van der Waals surface area contributed by atoms with Gasteiger partial charge in [0.05, 0.1) is 17.7 Å². The Hall–Kier alpha value is -3.21.